The zero-order valence-corrected chi connectivity index (χ0v) is 13.7. The van der Waals surface area contributed by atoms with E-state index in [4.69, 9.17) is 9.47 Å². The molecule has 20 heavy (non-hydrogen) atoms. The maximum atomic E-state index is 12.6. The zero-order valence-electron chi connectivity index (χ0n) is 12.1. The summed E-state index contributed by atoms with van der Waals surface area (Å²) in [6.07, 6.45) is 0. The van der Waals surface area contributed by atoms with E-state index in [0.717, 1.165) is 4.88 Å². The third-order valence-corrected chi connectivity index (χ3v) is 6.12. The van der Waals surface area contributed by atoms with Gasteiger partial charge in [0.2, 0.25) is 0 Å². The van der Waals surface area contributed by atoms with Gasteiger partial charge in [-0.3, -0.25) is 0 Å². The van der Waals surface area contributed by atoms with Gasteiger partial charge in [-0.25, -0.2) is 8.42 Å². The van der Waals surface area contributed by atoms with Crippen molar-refractivity contribution in [3.63, 3.8) is 0 Å². The first-order valence-corrected chi connectivity index (χ1v) is 8.53. The van der Waals surface area contributed by atoms with Crippen LogP contribution in [0.4, 0.5) is 0 Å². The molecule has 0 radical (unpaired) electrons. The molecule has 0 bridgehead atoms. The summed E-state index contributed by atoms with van der Waals surface area (Å²) < 4.78 is 36.8. The van der Waals surface area contributed by atoms with Gasteiger partial charge in [-0.15, -0.1) is 11.3 Å². The first-order valence-electron chi connectivity index (χ1n) is 6.27. The minimum atomic E-state index is -3.48. The summed E-state index contributed by atoms with van der Waals surface area (Å²) in [6.45, 7) is 2.02. The summed E-state index contributed by atoms with van der Waals surface area (Å²) in [7, 11) is 1.46. The molecule has 0 unspecified atom stereocenters. The molecule has 1 rings (SSSR count). The number of sulfonamides is 1. The fraction of sp³-hybridized carbons (Fsp3) is 0.667. The van der Waals surface area contributed by atoms with Gasteiger partial charge in [-0.05, 0) is 19.2 Å². The summed E-state index contributed by atoms with van der Waals surface area (Å²) in [5.41, 5.74) is 0. The molecule has 0 amide bonds. The normalized spacial score (nSPS) is 12.2. The Bertz CT molecular complexity index is 479. The van der Waals surface area contributed by atoms with Crippen LogP contribution < -0.4 is 5.32 Å². The lowest BCUT2D eigenvalue weighted by Crippen LogP contribution is -2.36. The Labute approximate surface area is 124 Å². The van der Waals surface area contributed by atoms with Crippen molar-refractivity contribution in [1.82, 2.24) is 9.62 Å². The molecule has 6 nitrogen and oxygen atoms in total. The van der Waals surface area contributed by atoms with Gasteiger partial charge in [0.05, 0.1) is 13.2 Å². The van der Waals surface area contributed by atoms with Crippen molar-refractivity contribution in [2.24, 2.45) is 0 Å². The molecule has 0 aromatic carbocycles. The molecular weight excluding hydrogens is 300 g/mol. The van der Waals surface area contributed by atoms with E-state index < -0.39 is 10.0 Å². The molecule has 0 spiro atoms. The number of hydrogen-bond donors (Lipinski definition) is 1. The monoisotopic (exact) mass is 322 g/mol. The predicted molar refractivity (Wildman–Crippen MR) is 79.6 cm³/mol. The van der Waals surface area contributed by atoms with Crippen molar-refractivity contribution in [3.05, 3.63) is 17.0 Å². The van der Waals surface area contributed by atoms with E-state index in [0.29, 0.717) is 37.1 Å². The van der Waals surface area contributed by atoms with Gasteiger partial charge in [-0.1, -0.05) is 0 Å². The van der Waals surface area contributed by atoms with E-state index in [1.54, 1.807) is 20.3 Å². The van der Waals surface area contributed by atoms with Gasteiger partial charge in [0, 0.05) is 38.7 Å². The second-order valence-electron chi connectivity index (χ2n) is 4.14. The van der Waals surface area contributed by atoms with Gasteiger partial charge in [0.1, 0.15) is 4.21 Å². The molecule has 0 aliphatic rings. The molecule has 0 fully saturated rings. The van der Waals surface area contributed by atoms with E-state index in [1.807, 2.05) is 13.1 Å². The minimum absolute atomic E-state index is 0.321. The Morgan fingerprint density at radius 3 is 2.30 bits per heavy atom. The van der Waals surface area contributed by atoms with Gasteiger partial charge < -0.3 is 14.8 Å². The molecule has 1 aromatic heterocycles. The summed E-state index contributed by atoms with van der Waals surface area (Å²) in [5, 5.41) is 3.01. The highest BCUT2D eigenvalue weighted by Gasteiger charge is 2.25. The molecule has 8 heteroatoms. The standard InChI is InChI=1S/C12H22N2O4S2/c1-13-10-11-4-5-12(19-11)20(15,16)14(6-8-17-2)7-9-18-3/h4-5,13H,6-10H2,1-3H3. The minimum Gasteiger partial charge on any atom is -0.383 e. The van der Waals surface area contributed by atoms with Gasteiger partial charge >= 0.3 is 0 Å². The van der Waals surface area contributed by atoms with Crippen LogP contribution in [0.15, 0.2) is 16.3 Å². The Balaban J connectivity index is 2.88. The highest BCUT2D eigenvalue weighted by molar-refractivity contribution is 7.91. The molecule has 1 heterocycles. The predicted octanol–water partition coefficient (Wildman–Crippen LogP) is 0.751. The summed E-state index contributed by atoms with van der Waals surface area (Å²) in [5.74, 6) is 0. The first kappa shape index (κ1) is 17.5. The highest BCUT2D eigenvalue weighted by Crippen LogP contribution is 2.24. The largest absolute Gasteiger partial charge is 0.383 e. The Morgan fingerprint density at radius 1 is 1.20 bits per heavy atom. The molecule has 0 saturated carbocycles. The maximum absolute atomic E-state index is 12.6. The third-order valence-electron chi connectivity index (χ3n) is 2.67. The number of hydrogen-bond acceptors (Lipinski definition) is 6. The number of thiophene rings is 1. The van der Waals surface area contributed by atoms with Crippen molar-refractivity contribution in [2.45, 2.75) is 10.8 Å². The third kappa shape index (κ3) is 4.80. The molecule has 1 aromatic rings. The van der Waals surface area contributed by atoms with Crippen molar-refractivity contribution in [1.29, 1.82) is 0 Å². The Kier molecular flexibility index (Phi) is 7.63. The lowest BCUT2D eigenvalue weighted by molar-refractivity contribution is 0.150. The number of methoxy groups -OCH3 is 2. The van der Waals surface area contributed by atoms with Crippen LogP contribution in [0.3, 0.4) is 0 Å². The average Bonchev–Trinajstić information content (AvgIpc) is 2.88. The van der Waals surface area contributed by atoms with E-state index in [9.17, 15) is 8.42 Å². The molecule has 116 valence electrons. The van der Waals surface area contributed by atoms with E-state index in [2.05, 4.69) is 5.32 Å². The van der Waals surface area contributed by atoms with Gasteiger partial charge in [-0.2, -0.15) is 4.31 Å². The molecule has 0 aliphatic carbocycles. The molecule has 1 N–H and O–H groups in total. The van der Waals surface area contributed by atoms with Gasteiger partial charge in [0.25, 0.3) is 10.0 Å². The smallest absolute Gasteiger partial charge is 0.252 e. The highest BCUT2D eigenvalue weighted by atomic mass is 32.2. The lowest BCUT2D eigenvalue weighted by atomic mass is 10.5. The Hall–Kier alpha value is -0.510. The van der Waals surface area contributed by atoms with E-state index in [1.165, 1.54) is 15.6 Å². The second-order valence-corrected chi connectivity index (χ2v) is 7.47. The Morgan fingerprint density at radius 2 is 1.80 bits per heavy atom. The number of nitrogens with one attached hydrogen (secondary N) is 1. The van der Waals surface area contributed by atoms with Crippen LogP contribution in [0.1, 0.15) is 4.88 Å². The van der Waals surface area contributed by atoms with Crippen LogP contribution in [0.25, 0.3) is 0 Å². The number of ether oxygens (including phenoxy) is 2. The summed E-state index contributed by atoms with van der Waals surface area (Å²) >= 11 is 1.29. The summed E-state index contributed by atoms with van der Waals surface area (Å²) in [4.78, 5) is 0.990. The van der Waals surface area contributed by atoms with Crippen molar-refractivity contribution in [3.8, 4) is 0 Å². The fourth-order valence-electron chi connectivity index (χ4n) is 1.63. The van der Waals surface area contributed by atoms with Crippen molar-refractivity contribution < 1.29 is 17.9 Å². The maximum Gasteiger partial charge on any atom is 0.252 e. The zero-order chi connectivity index (χ0) is 15.0. The number of rotatable bonds is 10. The van der Waals surface area contributed by atoms with Crippen LogP contribution in [-0.2, 0) is 26.0 Å². The van der Waals surface area contributed by atoms with Crippen molar-refractivity contribution in [2.75, 3.05) is 47.6 Å². The molecule has 0 saturated heterocycles. The van der Waals surface area contributed by atoms with E-state index in [-0.39, 0.29) is 0 Å². The van der Waals surface area contributed by atoms with Gasteiger partial charge in [0.15, 0.2) is 0 Å². The van der Waals surface area contributed by atoms with Crippen LogP contribution >= 0.6 is 11.3 Å². The van der Waals surface area contributed by atoms with Crippen LogP contribution in [0, 0.1) is 0 Å². The van der Waals surface area contributed by atoms with E-state index >= 15 is 0 Å². The lowest BCUT2D eigenvalue weighted by Gasteiger charge is -2.20. The van der Waals surface area contributed by atoms with Crippen molar-refractivity contribution >= 4 is 21.4 Å². The molecular formula is C12H22N2O4S2. The molecule has 0 aliphatic heterocycles. The molecule has 0 atom stereocenters. The van der Waals surface area contributed by atoms with Crippen LogP contribution in [-0.4, -0.2) is 60.3 Å². The average molecular weight is 322 g/mol. The number of nitrogens with zero attached hydrogens (tertiary/aromatic N) is 1. The van der Waals surface area contributed by atoms with Crippen LogP contribution in [0.5, 0.6) is 0 Å². The second kappa shape index (κ2) is 8.71. The fourth-order valence-corrected chi connectivity index (χ4v) is 4.56. The quantitative estimate of drug-likeness (QED) is 0.688. The SMILES string of the molecule is CNCc1ccc(S(=O)(=O)N(CCOC)CCOC)s1. The van der Waals surface area contributed by atoms with Crippen LogP contribution in [0.2, 0.25) is 0 Å². The topological polar surface area (TPSA) is 67.9 Å². The summed E-state index contributed by atoms with van der Waals surface area (Å²) in [6, 6.07) is 3.48. The first-order chi connectivity index (χ1) is 9.56.